The lowest BCUT2D eigenvalue weighted by Gasteiger charge is -2.36. The Kier molecular flexibility index (Phi) is 4.26. The number of imidazole rings is 1. The van der Waals surface area contributed by atoms with Crippen LogP contribution in [0, 0.1) is 0 Å². The number of piperidine rings is 1. The Morgan fingerprint density at radius 3 is 2.60 bits per heavy atom. The SMILES string of the molecule is c1cc2nc3n(c2cc1CN1CCCCC1)CCN(C1CCC1)CC3. The Balaban J connectivity index is 1.37. The molecule has 0 bridgehead atoms. The first-order valence-corrected chi connectivity index (χ1v) is 10.3. The van der Waals surface area contributed by atoms with E-state index < -0.39 is 0 Å². The van der Waals surface area contributed by atoms with Crippen LogP contribution in [0.1, 0.15) is 49.9 Å². The fourth-order valence-electron chi connectivity index (χ4n) is 4.83. The second-order valence-electron chi connectivity index (χ2n) is 8.21. The zero-order valence-electron chi connectivity index (χ0n) is 15.3. The predicted molar refractivity (Wildman–Crippen MR) is 102 cm³/mol. The van der Waals surface area contributed by atoms with Crippen LogP contribution >= 0.6 is 0 Å². The second kappa shape index (κ2) is 6.73. The van der Waals surface area contributed by atoms with Gasteiger partial charge in [-0.05, 0) is 56.5 Å². The van der Waals surface area contributed by atoms with E-state index in [1.54, 1.807) is 0 Å². The molecule has 1 saturated carbocycles. The zero-order chi connectivity index (χ0) is 16.6. The number of likely N-dealkylation sites (tertiary alicyclic amines) is 1. The Bertz CT molecular complexity index is 740. The largest absolute Gasteiger partial charge is 0.327 e. The van der Waals surface area contributed by atoms with Crippen LogP contribution in [0.3, 0.4) is 0 Å². The number of aromatic nitrogens is 2. The van der Waals surface area contributed by atoms with Gasteiger partial charge < -0.3 is 4.57 Å². The first-order chi connectivity index (χ1) is 12.4. The molecule has 1 aromatic heterocycles. The molecule has 25 heavy (non-hydrogen) atoms. The van der Waals surface area contributed by atoms with E-state index in [0.29, 0.717) is 0 Å². The van der Waals surface area contributed by atoms with E-state index >= 15 is 0 Å². The Morgan fingerprint density at radius 2 is 1.80 bits per heavy atom. The van der Waals surface area contributed by atoms with E-state index in [1.165, 1.54) is 87.1 Å². The van der Waals surface area contributed by atoms with E-state index in [2.05, 4.69) is 32.6 Å². The molecule has 0 atom stereocenters. The summed E-state index contributed by atoms with van der Waals surface area (Å²) in [7, 11) is 0. The molecule has 0 N–H and O–H groups in total. The molecule has 4 heteroatoms. The maximum absolute atomic E-state index is 4.96. The van der Waals surface area contributed by atoms with Crippen molar-refractivity contribution in [1.82, 2.24) is 19.4 Å². The molecule has 3 heterocycles. The van der Waals surface area contributed by atoms with Gasteiger partial charge in [0, 0.05) is 38.6 Å². The zero-order valence-corrected chi connectivity index (χ0v) is 15.3. The van der Waals surface area contributed by atoms with Crippen LogP contribution in [-0.4, -0.2) is 51.6 Å². The van der Waals surface area contributed by atoms with Crippen molar-refractivity contribution in [3.05, 3.63) is 29.6 Å². The van der Waals surface area contributed by atoms with E-state index in [0.717, 1.165) is 25.6 Å². The minimum Gasteiger partial charge on any atom is -0.327 e. The maximum atomic E-state index is 4.96. The normalized spacial score (nSPS) is 23.4. The van der Waals surface area contributed by atoms with Crippen LogP contribution in [0.15, 0.2) is 18.2 Å². The summed E-state index contributed by atoms with van der Waals surface area (Å²) in [5, 5.41) is 0. The molecule has 0 unspecified atom stereocenters. The lowest BCUT2D eigenvalue weighted by molar-refractivity contribution is 0.130. The van der Waals surface area contributed by atoms with Gasteiger partial charge in [-0.25, -0.2) is 4.98 Å². The molecule has 0 radical (unpaired) electrons. The van der Waals surface area contributed by atoms with Gasteiger partial charge >= 0.3 is 0 Å². The van der Waals surface area contributed by atoms with Crippen molar-refractivity contribution >= 4 is 11.0 Å². The lowest BCUT2D eigenvalue weighted by Crippen LogP contribution is -2.41. The first kappa shape index (κ1) is 15.8. The summed E-state index contributed by atoms with van der Waals surface area (Å²) >= 11 is 0. The van der Waals surface area contributed by atoms with Gasteiger partial charge in [-0.1, -0.05) is 18.9 Å². The van der Waals surface area contributed by atoms with Crippen molar-refractivity contribution in [2.24, 2.45) is 0 Å². The number of nitrogens with zero attached hydrogens (tertiary/aromatic N) is 4. The molecule has 2 aliphatic heterocycles. The van der Waals surface area contributed by atoms with Crippen LogP contribution in [0.4, 0.5) is 0 Å². The molecule has 0 amide bonds. The summed E-state index contributed by atoms with van der Waals surface area (Å²) in [6.07, 6.45) is 9.47. The number of hydrogen-bond acceptors (Lipinski definition) is 3. The summed E-state index contributed by atoms with van der Waals surface area (Å²) in [6.45, 7) is 7.12. The number of rotatable bonds is 3. The monoisotopic (exact) mass is 338 g/mol. The van der Waals surface area contributed by atoms with Crippen molar-refractivity contribution in [3.8, 4) is 0 Å². The van der Waals surface area contributed by atoms with Gasteiger partial charge in [0.05, 0.1) is 11.0 Å². The predicted octanol–water partition coefficient (Wildman–Crippen LogP) is 3.43. The molecule has 3 aliphatic rings. The van der Waals surface area contributed by atoms with Gasteiger partial charge in [-0.3, -0.25) is 9.80 Å². The maximum Gasteiger partial charge on any atom is 0.111 e. The Hall–Kier alpha value is -1.39. The van der Waals surface area contributed by atoms with E-state index in [9.17, 15) is 0 Å². The average Bonchev–Trinajstić information content (AvgIpc) is 2.81. The van der Waals surface area contributed by atoms with Crippen molar-refractivity contribution in [2.75, 3.05) is 26.2 Å². The quantitative estimate of drug-likeness (QED) is 0.857. The third kappa shape index (κ3) is 3.11. The summed E-state index contributed by atoms with van der Waals surface area (Å²) in [4.78, 5) is 10.3. The fourth-order valence-corrected chi connectivity index (χ4v) is 4.83. The third-order valence-corrected chi connectivity index (χ3v) is 6.57. The Labute approximate surface area is 150 Å². The molecular weight excluding hydrogens is 308 g/mol. The van der Waals surface area contributed by atoms with Gasteiger partial charge in [-0.2, -0.15) is 0 Å². The van der Waals surface area contributed by atoms with E-state index in [4.69, 9.17) is 4.98 Å². The molecule has 4 nitrogen and oxygen atoms in total. The van der Waals surface area contributed by atoms with Gasteiger partial charge in [0.1, 0.15) is 5.82 Å². The molecule has 1 aromatic carbocycles. The minimum atomic E-state index is 0.852. The standard InChI is InChI=1S/C21H30N4/c1-2-10-23(11-3-1)16-17-7-8-19-20(15-17)25-14-13-24(18-5-4-6-18)12-9-21(25)22-19/h7-8,15,18H,1-6,9-14,16H2. The van der Waals surface area contributed by atoms with Crippen LogP contribution in [0.25, 0.3) is 11.0 Å². The van der Waals surface area contributed by atoms with Gasteiger partial charge in [0.15, 0.2) is 0 Å². The third-order valence-electron chi connectivity index (χ3n) is 6.57. The molecule has 2 aromatic rings. The molecule has 2 fully saturated rings. The highest BCUT2D eigenvalue weighted by Crippen LogP contribution is 2.27. The van der Waals surface area contributed by atoms with Crippen LogP contribution in [0.2, 0.25) is 0 Å². The van der Waals surface area contributed by atoms with Crippen LogP contribution in [0.5, 0.6) is 0 Å². The van der Waals surface area contributed by atoms with Gasteiger partial charge in [0.2, 0.25) is 0 Å². The molecule has 1 aliphatic carbocycles. The smallest absolute Gasteiger partial charge is 0.111 e. The van der Waals surface area contributed by atoms with Crippen molar-refractivity contribution < 1.29 is 0 Å². The second-order valence-corrected chi connectivity index (χ2v) is 8.21. The fraction of sp³-hybridized carbons (Fsp3) is 0.667. The lowest BCUT2D eigenvalue weighted by atomic mass is 9.91. The molecule has 0 spiro atoms. The van der Waals surface area contributed by atoms with Gasteiger partial charge in [-0.15, -0.1) is 0 Å². The van der Waals surface area contributed by atoms with Gasteiger partial charge in [0.25, 0.3) is 0 Å². The Morgan fingerprint density at radius 1 is 0.920 bits per heavy atom. The number of benzene rings is 1. The van der Waals surface area contributed by atoms with E-state index in [-0.39, 0.29) is 0 Å². The molecular formula is C21H30N4. The summed E-state index contributed by atoms with van der Waals surface area (Å²) in [6, 6.07) is 7.81. The average molecular weight is 338 g/mol. The van der Waals surface area contributed by atoms with Crippen LogP contribution < -0.4 is 0 Å². The number of fused-ring (bicyclic) bond motifs is 3. The highest BCUT2D eigenvalue weighted by Gasteiger charge is 2.27. The molecule has 134 valence electrons. The van der Waals surface area contributed by atoms with Crippen molar-refractivity contribution in [3.63, 3.8) is 0 Å². The summed E-state index contributed by atoms with van der Waals surface area (Å²) in [5.74, 6) is 1.30. The highest BCUT2D eigenvalue weighted by molar-refractivity contribution is 5.77. The minimum absolute atomic E-state index is 0.852. The van der Waals surface area contributed by atoms with Crippen molar-refractivity contribution in [2.45, 2.75) is 64.1 Å². The molecule has 5 rings (SSSR count). The topological polar surface area (TPSA) is 24.3 Å². The highest BCUT2D eigenvalue weighted by atomic mass is 15.2. The van der Waals surface area contributed by atoms with E-state index in [1.807, 2.05) is 0 Å². The van der Waals surface area contributed by atoms with Crippen LogP contribution in [-0.2, 0) is 19.5 Å². The molecule has 1 saturated heterocycles. The van der Waals surface area contributed by atoms with Crippen molar-refractivity contribution in [1.29, 1.82) is 0 Å². The number of hydrogen-bond donors (Lipinski definition) is 0. The summed E-state index contributed by atoms with van der Waals surface area (Å²) < 4.78 is 2.51. The summed E-state index contributed by atoms with van der Waals surface area (Å²) in [5.41, 5.74) is 4.01. The first-order valence-electron chi connectivity index (χ1n) is 10.3.